The molecule has 0 saturated heterocycles. The van der Waals surface area contributed by atoms with Gasteiger partial charge in [-0.05, 0) is 43.3 Å². The Labute approximate surface area is 148 Å². The fourth-order valence-corrected chi connectivity index (χ4v) is 2.78. The zero-order chi connectivity index (χ0) is 18.1. The van der Waals surface area contributed by atoms with Crippen LogP contribution >= 0.6 is 0 Å². The van der Waals surface area contributed by atoms with E-state index in [1.807, 2.05) is 48.5 Å². The van der Waals surface area contributed by atoms with Gasteiger partial charge in [-0.3, -0.25) is 9.36 Å². The number of ether oxygens (including phenoxy) is 1. The highest BCUT2D eigenvalue weighted by molar-refractivity contribution is 5.74. The lowest BCUT2D eigenvalue weighted by Gasteiger charge is -2.08. The van der Waals surface area contributed by atoms with Crippen LogP contribution in [-0.2, 0) is 6.54 Å². The Morgan fingerprint density at radius 1 is 1.08 bits per heavy atom. The zero-order valence-corrected chi connectivity index (χ0v) is 14.3. The number of hydrogen-bond donors (Lipinski definition) is 0. The molecule has 26 heavy (non-hydrogen) atoms. The third kappa shape index (κ3) is 2.83. The molecule has 0 N–H and O–H groups in total. The van der Waals surface area contributed by atoms with Gasteiger partial charge >= 0.3 is 0 Å². The van der Waals surface area contributed by atoms with Gasteiger partial charge in [0, 0.05) is 5.56 Å². The van der Waals surface area contributed by atoms with Gasteiger partial charge in [0.1, 0.15) is 18.0 Å². The summed E-state index contributed by atoms with van der Waals surface area (Å²) in [5.74, 6) is 1.50. The summed E-state index contributed by atoms with van der Waals surface area (Å²) >= 11 is 0. The molecular weight excluding hydrogens is 332 g/mol. The quantitative estimate of drug-likeness (QED) is 0.564. The number of hydrogen-bond acceptors (Lipinski definition) is 6. The van der Waals surface area contributed by atoms with Crippen molar-refractivity contribution in [2.24, 2.45) is 0 Å². The highest BCUT2D eigenvalue weighted by Gasteiger charge is 2.13. The molecule has 0 aliphatic heterocycles. The lowest BCUT2D eigenvalue weighted by molar-refractivity contribution is 0.415. The van der Waals surface area contributed by atoms with Gasteiger partial charge in [-0.25, -0.2) is 4.98 Å². The molecular formula is C19H16N4O3. The van der Waals surface area contributed by atoms with Crippen LogP contribution in [0.15, 0.2) is 57.7 Å². The summed E-state index contributed by atoms with van der Waals surface area (Å²) in [7, 11) is 1.61. The SMILES string of the molecule is COc1ccc(-c2nnc(Cn3c(=O)c(C)nc4ccccc43)o2)cc1. The molecule has 0 spiro atoms. The molecule has 0 saturated carbocycles. The molecule has 0 amide bonds. The first-order valence-electron chi connectivity index (χ1n) is 8.08. The second kappa shape index (κ2) is 6.44. The van der Waals surface area contributed by atoms with Crippen molar-refractivity contribution in [2.75, 3.05) is 7.11 Å². The molecule has 0 aliphatic carbocycles. The first-order valence-corrected chi connectivity index (χ1v) is 8.08. The van der Waals surface area contributed by atoms with Gasteiger partial charge in [-0.15, -0.1) is 10.2 Å². The smallest absolute Gasteiger partial charge is 0.272 e. The number of benzene rings is 2. The number of fused-ring (bicyclic) bond motifs is 1. The Bertz CT molecular complexity index is 1130. The van der Waals surface area contributed by atoms with Crippen molar-refractivity contribution in [2.45, 2.75) is 13.5 Å². The molecule has 0 atom stereocenters. The van der Waals surface area contributed by atoms with E-state index < -0.39 is 0 Å². The van der Waals surface area contributed by atoms with Crippen molar-refractivity contribution >= 4 is 11.0 Å². The molecule has 0 unspecified atom stereocenters. The van der Waals surface area contributed by atoms with E-state index in [0.29, 0.717) is 17.5 Å². The normalized spacial score (nSPS) is 11.0. The predicted molar refractivity (Wildman–Crippen MR) is 96.1 cm³/mol. The molecule has 130 valence electrons. The molecule has 7 heteroatoms. The van der Waals surface area contributed by atoms with E-state index in [0.717, 1.165) is 22.3 Å². The van der Waals surface area contributed by atoms with Crippen LogP contribution in [0.5, 0.6) is 5.75 Å². The van der Waals surface area contributed by atoms with Crippen LogP contribution < -0.4 is 10.3 Å². The number of methoxy groups -OCH3 is 1. The second-order valence-electron chi connectivity index (χ2n) is 5.81. The van der Waals surface area contributed by atoms with Crippen LogP contribution in [0.1, 0.15) is 11.6 Å². The Morgan fingerprint density at radius 3 is 2.62 bits per heavy atom. The number of aryl methyl sites for hydroxylation is 1. The molecule has 2 aromatic heterocycles. The number of para-hydroxylation sites is 2. The largest absolute Gasteiger partial charge is 0.497 e. The summed E-state index contributed by atoms with van der Waals surface area (Å²) in [5, 5.41) is 8.16. The molecule has 4 rings (SSSR count). The standard InChI is InChI=1S/C19H16N4O3/c1-12-19(24)23(16-6-4-3-5-15(16)20-12)11-17-21-22-18(26-17)13-7-9-14(25-2)10-8-13/h3-10H,11H2,1-2H3. The second-order valence-corrected chi connectivity index (χ2v) is 5.81. The average molecular weight is 348 g/mol. The van der Waals surface area contributed by atoms with Crippen LogP contribution in [0.3, 0.4) is 0 Å². The van der Waals surface area contributed by atoms with E-state index in [9.17, 15) is 4.79 Å². The van der Waals surface area contributed by atoms with Crippen molar-refractivity contribution < 1.29 is 9.15 Å². The first-order chi connectivity index (χ1) is 12.7. The summed E-state index contributed by atoms with van der Waals surface area (Å²) in [6.45, 7) is 1.88. The van der Waals surface area contributed by atoms with Gasteiger partial charge in [0.15, 0.2) is 0 Å². The maximum Gasteiger partial charge on any atom is 0.272 e. The maximum atomic E-state index is 12.5. The molecule has 0 fully saturated rings. The number of aromatic nitrogens is 4. The first kappa shape index (κ1) is 16.0. The lowest BCUT2D eigenvalue weighted by Crippen LogP contribution is -2.24. The van der Waals surface area contributed by atoms with E-state index in [1.165, 1.54) is 0 Å². The van der Waals surface area contributed by atoms with Crippen molar-refractivity contribution in [1.82, 2.24) is 19.7 Å². The van der Waals surface area contributed by atoms with Crippen LogP contribution in [-0.4, -0.2) is 26.9 Å². The van der Waals surface area contributed by atoms with Crippen molar-refractivity contribution in [3.05, 3.63) is 70.5 Å². The van der Waals surface area contributed by atoms with Gasteiger partial charge in [-0.2, -0.15) is 0 Å². The van der Waals surface area contributed by atoms with E-state index in [-0.39, 0.29) is 12.1 Å². The van der Waals surface area contributed by atoms with Gasteiger partial charge in [0.25, 0.3) is 5.56 Å². The molecule has 0 radical (unpaired) electrons. The van der Waals surface area contributed by atoms with E-state index in [4.69, 9.17) is 9.15 Å². The fourth-order valence-electron chi connectivity index (χ4n) is 2.78. The highest BCUT2D eigenvalue weighted by atomic mass is 16.5. The van der Waals surface area contributed by atoms with Crippen molar-refractivity contribution in [3.8, 4) is 17.2 Å². The van der Waals surface area contributed by atoms with E-state index in [1.54, 1.807) is 18.6 Å². The Balaban J connectivity index is 1.70. The Kier molecular flexibility index (Phi) is 3.96. The lowest BCUT2D eigenvalue weighted by atomic mass is 10.2. The van der Waals surface area contributed by atoms with Crippen molar-refractivity contribution in [1.29, 1.82) is 0 Å². The summed E-state index contributed by atoms with van der Waals surface area (Å²) in [4.78, 5) is 16.9. The molecule has 2 aromatic carbocycles. The minimum absolute atomic E-state index is 0.173. The monoisotopic (exact) mass is 348 g/mol. The summed E-state index contributed by atoms with van der Waals surface area (Å²) in [5.41, 5.74) is 2.52. The van der Waals surface area contributed by atoms with Crippen LogP contribution in [0.4, 0.5) is 0 Å². The molecule has 7 nitrogen and oxygen atoms in total. The average Bonchev–Trinajstić information content (AvgIpc) is 3.14. The summed E-state index contributed by atoms with van der Waals surface area (Å²) < 4.78 is 12.5. The van der Waals surface area contributed by atoms with Gasteiger partial charge < -0.3 is 9.15 Å². The third-order valence-corrected chi connectivity index (χ3v) is 4.11. The summed E-state index contributed by atoms with van der Waals surface area (Å²) in [6, 6.07) is 14.8. The van der Waals surface area contributed by atoms with Gasteiger partial charge in [0.05, 0.1) is 18.1 Å². The topological polar surface area (TPSA) is 83.0 Å². The molecule has 0 bridgehead atoms. The Hall–Kier alpha value is -3.48. The third-order valence-electron chi connectivity index (χ3n) is 4.11. The number of nitrogens with zero attached hydrogens (tertiary/aromatic N) is 4. The van der Waals surface area contributed by atoms with E-state index in [2.05, 4.69) is 15.2 Å². The maximum absolute atomic E-state index is 12.5. The summed E-state index contributed by atoms with van der Waals surface area (Å²) in [6.07, 6.45) is 0. The minimum Gasteiger partial charge on any atom is -0.497 e. The van der Waals surface area contributed by atoms with Gasteiger partial charge in [0.2, 0.25) is 11.8 Å². The van der Waals surface area contributed by atoms with Crippen LogP contribution in [0.25, 0.3) is 22.5 Å². The molecule has 4 aromatic rings. The van der Waals surface area contributed by atoms with Gasteiger partial charge in [-0.1, -0.05) is 12.1 Å². The minimum atomic E-state index is -0.173. The fraction of sp³-hybridized carbons (Fsp3) is 0.158. The van der Waals surface area contributed by atoms with Crippen LogP contribution in [0, 0.1) is 6.92 Å². The molecule has 2 heterocycles. The van der Waals surface area contributed by atoms with E-state index >= 15 is 0 Å². The Morgan fingerprint density at radius 2 is 1.85 bits per heavy atom. The van der Waals surface area contributed by atoms with Crippen LogP contribution in [0.2, 0.25) is 0 Å². The number of rotatable bonds is 4. The molecule has 0 aliphatic rings. The zero-order valence-electron chi connectivity index (χ0n) is 14.3. The highest BCUT2D eigenvalue weighted by Crippen LogP contribution is 2.21. The van der Waals surface area contributed by atoms with Crippen molar-refractivity contribution in [3.63, 3.8) is 0 Å². The predicted octanol–water partition coefficient (Wildman–Crippen LogP) is 2.81.